The zero-order valence-corrected chi connectivity index (χ0v) is 10.7. The summed E-state index contributed by atoms with van der Waals surface area (Å²) in [5, 5.41) is 8.84. The average molecular weight is 249 g/mol. The molecule has 0 aliphatic heterocycles. The first-order valence-corrected chi connectivity index (χ1v) is 6.54. The number of carboxylic acid groups (broad SMARTS) is 1. The first kappa shape index (κ1) is 12.9. The van der Waals surface area contributed by atoms with E-state index < -0.39 is 5.97 Å². The van der Waals surface area contributed by atoms with E-state index in [0.29, 0.717) is 0 Å². The number of carboxylic acids is 1. The maximum Gasteiger partial charge on any atom is 0.304 e. The summed E-state index contributed by atoms with van der Waals surface area (Å²) in [7, 11) is 0. The fourth-order valence-corrected chi connectivity index (χ4v) is 2.36. The van der Waals surface area contributed by atoms with Gasteiger partial charge >= 0.3 is 5.97 Å². The van der Waals surface area contributed by atoms with Crippen molar-refractivity contribution in [2.45, 2.75) is 44.9 Å². The van der Waals surface area contributed by atoms with Crippen LogP contribution >= 0.6 is 0 Å². The lowest BCUT2D eigenvalue weighted by Crippen LogP contribution is -2.05. The van der Waals surface area contributed by atoms with Crippen LogP contribution in [0.2, 0.25) is 0 Å². The van der Waals surface area contributed by atoms with Gasteiger partial charge in [0, 0.05) is 11.6 Å². The molecule has 98 valence electrons. The molecule has 0 fully saturated rings. The van der Waals surface area contributed by atoms with Gasteiger partial charge in [0.05, 0.1) is 19.2 Å². The van der Waals surface area contributed by atoms with Gasteiger partial charge in [-0.25, -0.2) is 0 Å². The molecular formula is C14H19NO3. The van der Waals surface area contributed by atoms with Crippen molar-refractivity contribution in [1.82, 2.24) is 4.98 Å². The Balaban J connectivity index is 2.03. The lowest BCUT2D eigenvalue weighted by Gasteiger charge is -2.09. The Hall–Kier alpha value is -1.58. The molecule has 0 spiro atoms. The molecule has 1 heterocycles. The second-order valence-corrected chi connectivity index (χ2v) is 4.75. The van der Waals surface area contributed by atoms with Crippen molar-refractivity contribution < 1.29 is 14.6 Å². The number of carbonyl (C=O) groups is 1. The predicted octanol–water partition coefficient (Wildman–Crippen LogP) is 2.77. The number of unbranched alkanes of at least 4 members (excludes halogenated alkanes) is 1. The van der Waals surface area contributed by atoms with Gasteiger partial charge in [0.15, 0.2) is 0 Å². The highest BCUT2D eigenvalue weighted by atomic mass is 16.5. The van der Waals surface area contributed by atoms with Crippen molar-refractivity contribution in [3.63, 3.8) is 0 Å². The highest BCUT2D eigenvalue weighted by molar-refractivity contribution is 5.68. The fourth-order valence-electron chi connectivity index (χ4n) is 2.36. The lowest BCUT2D eigenvalue weighted by molar-refractivity contribution is -0.137. The quantitative estimate of drug-likeness (QED) is 0.787. The number of fused-ring (bicyclic) bond motifs is 1. The Kier molecular flexibility index (Phi) is 4.18. The van der Waals surface area contributed by atoms with Crippen molar-refractivity contribution in [3.8, 4) is 5.75 Å². The summed E-state index contributed by atoms with van der Waals surface area (Å²) < 4.78 is 5.61. The fraction of sp³-hybridized carbons (Fsp3) is 0.571. The molecule has 18 heavy (non-hydrogen) atoms. The van der Waals surface area contributed by atoms with Gasteiger partial charge in [-0.3, -0.25) is 9.78 Å². The highest BCUT2D eigenvalue weighted by Gasteiger charge is 2.26. The highest BCUT2D eigenvalue weighted by Crippen LogP contribution is 2.35. The number of hydrogen-bond acceptors (Lipinski definition) is 3. The van der Waals surface area contributed by atoms with E-state index in [2.05, 4.69) is 11.9 Å². The molecule has 2 rings (SSSR count). The van der Waals surface area contributed by atoms with Crippen LogP contribution in [0.4, 0.5) is 0 Å². The number of pyridine rings is 1. The third-order valence-corrected chi connectivity index (χ3v) is 3.31. The first-order chi connectivity index (χ1) is 8.70. The second kappa shape index (κ2) is 5.85. The number of rotatable bonds is 6. The van der Waals surface area contributed by atoms with Crippen LogP contribution in [-0.4, -0.2) is 22.7 Å². The molecule has 0 bridgehead atoms. The van der Waals surface area contributed by atoms with Crippen LogP contribution in [0.25, 0.3) is 0 Å². The Morgan fingerprint density at radius 3 is 3.17 bits per heavy atom. The van der Waals surface area contributed by atoms with Crippen molar-refractivity contribution in [3.05, 3.63) is 23.5 Å². The first-order valence-electron chi connectivity index (χ1n) is 6.54. The molecule has 1 aliphatic carbocycles. The number of ether oxygens (including phenoxy) is 1. The van der Waals surface area contributed by atoms with E-state index >= 15 is 0 Å². The molecule has 0 amide bonds. The molecule has 1 aromatic rings. The van der Waals surface area contributed by atoms with Crippen LogP contribution in [-0.2, 0) is 11.2 Å². The summed E-state index contributed by atoms with van der Waals surface area (Å²) in [4.78, 5) is 15.1. The number of aryl methyl sites for hydroxylation is 1. The van der Waals surface area contributed by atoms with Gasteiger partial charge in [0.25, 0.3) is 0 Å². The summed E-state index contributed by atoms with van der Waals surface area (Å²) in [6.07, 6.45) is 5.83. The van der Waals surface area contributed by atoms with Crippen LogP contribution in [0, 0.1) is 0 Å². The maximum absolute atomic E-state index is 10.8. The van der Waals surface area contributed by atoms with Crippen LogP contribution in [0.1, 0.15) is 49.8 Å². The molecule has 1 N–H and O–H groups in total. The minimum atomic E-state index is -0.752. The molecule has 0 radical (unpaired) electrons. The van der Waals surface area contributed by atoms with Crippen molar-refractivity contribution in [1.29, 1.82) is 0 Å². The van der Waals surface area contributed by atoms with E-state index in [9.17, 15) is 4.79 Å². The van der Waals surface area contributed by atoms with E-state index in [1.165, 1.54) is 0 Å². The van der Waals surface area contributed by atoms with Gasteiger partial charge in [0.2, 0.25) is 0 Å². The number of hydrogen-bond donors (Lipinski definition) is 1. The topological polar surface area (TPSA) is 59.4 Å². The van der Waals surface area contributed by atoms with Crippen molar-refractivity contribution >= 4 is 5.97 Å². The Morgan fingerprint density at radius 1 is 1.61 bits per heavy atom. The maximum atomic E-state index is 10.8. The smallest absolute Gasteiger partial charge is 0.304 e. The molecule has 1 atom stereocenters. The number of aliphatic carboxylic acids is 1. The second-order valence-electron chi connectivity index (χ2n) is 4.75. The molecule has 0 aromatic carbocycles. The van der Waals surface area contributed by atoms with Gasteiger partial charge < -0.3 is 9.84 Å². The molecule has 4 heteroatoms. The normalized spacial score (nSPS) is 17.5. The van der Waals surface area contributed by atoms with E-state index in [-0.39, 0.29) is 12.3 Å². The summed E-state index contributed by atoms with van der Waals surface area (Å²) in [5.74, 6) is 0.123. The standard InChI is InChI=1S/C14H19NO3/c1-2-3-6-18-12-7-10-4-5-11(8-13(16)17)14(10)15-9-12/h7,9,11H,2-6,8H2,1H3,(H,16,17)/t11-/m0/s1. The number of nitrogens with zero attached hydrogens (tertiary/aromatic N) is 1. The summed E-state index contributed by atoms with van der Waals surface area (Å²) in [6.45, 7) is 2.84. The van der Waals surface area contributed by atoms with Gasteiger partial charge in [-0.15, -0.1) is 0 Å². The van der Waals surface area contributed by atoms with E-state index in [1.54, 1.807) is 6.20 Å². The van der Waals surface area contributed by atoms with Crippen molar-refractivity contribution in [2.75, 3.05) is 6.61 Å². The SMILES string of the molecule is CCCCOc1cnc2c(c1)CC[C@H]2CC(=O)O. The van der Waals surface area contributed by atoms with Crippen molar-refractivity contribution in [2.24, 2.45) is 0 Å². The van der Waals surface area contributed by atoms with E-state index in [1.807, 2.05) is 6.07 Å². The third kappa shape index (κ3) is 3.00. The molecule has 0 saturated carbocycles. The lowest BCUT2D eigenvalue weighted by atomic mass is 10.0. The molecule has 4 nitrogen and oxygen atoms in total. The van der Waals surface area contributed by atoms with Crippen LogP contribution in [0.3, 0.4) is 0 Å². The zero-order chi connectivity index (χ0) is 13.0. The van der Waals surface area contributed by atoms with E-state index in [0.717, 1.165) is 49.3 Å². The van der Waals surface area contributed by atoms with Gasteiger partial charge in [0.1, 0.15) is 5.75 Å². The minimum absolute atomic E-state index is 0.0715. The van der Waals surface area contributed by atoms with Crippen LogP contribution in [0.5, 0.6) is 5.75 Å². The summed E-state index contributed by atoms with van der Waals surface area (Å²) in [6, 6.07) is 2.01. The minimum Gasteiger partial charge on any atom is -0.492 e. The molecule has 1 aromatic heterocycles. The summed E-state index contributed by atoms with van der Waals surface area (Å²) in [5.41, 5.74) is 2.09. The number of aromatic nitrogens is 1. The summed E-state index contributed by atoms with van der Waals surface area (Å²) >= 11 is 0. The van der Waals surface area contributed by atoms with Gasteiger partial charge in [-0.2, -0.15) is 0 Å². The van der Waals surface area contributed by atoms with Crippen LogP contribution in [0.15, 0.2) is 12.3 Å². The molecule has 0 saturated heterocycles. The zero-order valence-electron chi connectivity index (χ0n) is 10.7. The predicted molar refractivity (Wildman–Crippen MR) is 68.0 cm³/mol. The Morgan fingerprint density at radius 2 is 2.44 bits per heavy atom. The third-order valence-electron chi connectivity index (χ3n) is 3.31. The molecular weight excluding hydrogens is 230 g/mol. The molecule has 1 aliphatic rings. The molecule has 0 unspecified atom stereocenters. The van der Waals surface area contributed by atoms with E-state index in [4.69, 9.17) is 9.84 Å². The average Bonchev–Trinajstić information content (AvgIpc) is 2.72. The van der Waals surface area contributed by atoms with Gasteiger partial charge in [-0.05, 0) is 30.9 Å². The van der Waals surface area contributed by atoms with Gasteiger partial charge in [-0.1, -0.05) is 13.3 Å². The Bertz CT molecular complexity index is 431. The Labute approximate surface area is 107 Å². The largest absolute Gasteiger partial charge is 0.492 e. The monoisotopic (exact) mass is 249 g/mol. The van der Waals surface area contributed by atoms with Crippen LogP contribution < -0.4 is 4.74 Å².